The molecule has 0 saturated heterocycles. The van der Waals surface area contributed by atoms with Gasteiger partial charge in [0.2, 0.25) is 5.88 Å². The van der Waals surface area contributed by atoms with Crippen LogP contribution < -0.4 is 4.74 Å². The lowest BCUT2D eigenvalue weighted by atomic mass is 10.00. The molecule has 6 heteroatoms. The maximum Gasteiger partial charge on any atom is 0.237 e. The van der Waals surface area contributed by atoms with Gasteiger partial charge < -0.3 is 4.74 Å². The summed E-state index contributed by atoms with van der Waals surface area (Å²) in [6.45, 7) is 2.23. The van der Waals surface area contributed by atoms with E-state index in [4.69, 9.17) is 16.3 Å². The molecule has 0 radical (unpaired) electrons. The van der Waals surface area contributed by atoms with Crippen LogP contribution in [-0.4, -0.2) is 22.4 Å². The first-order chi connectivity index (χ1) is 12.1. The van der Waals surface area contributed by atoms with E-state index in [9.17, 15) is 4.39 Å². The van der Waals surface area contributed by atoms with Crippen LogP contribution in [0.15, 0.2) is 47.5 Å². The molecule has 0 bridgehead atoms. The maximum atomic E-state index is 14.4. The number of nitrogens with zero attached hydrogens (tertiary/aromatic N) is 3. The van der Waals surface area contributed by atoms with Gasteiger partial charge in [-0.15, -0.1) is 0 Å². The molecule has 0 atom stereocenters. The van der Waals surface area contributed by atoms with Gasteiger partial charge in [-0.25, -0.2) is 4.39 Å². The van der Waals surface area contributed by atoms with Crippen molar-refractivity contribution in [1.29, 1.82) is 0 Å². The van der Waals surface area contributed by atoms with E-state index in [2.05, 4.69) is 9.98 Å². The number of methoxy groups -OCH3 is 1. The quantitative estimate of drug-likeness (QED) is 0.686. The predicted octanol–water partition coefficient (Wildman–Crippen LogP) is 4.33. The van der Waals surface area contributed by atoms with Crippen LogP contribution in [0, 0.1) is 12.7 Å². The van der Waals surface area contributed by atoms with E-state index in [1.807, 2.05) is 23.6 Å². The second kappa shape index (κ2) is 6.01. The molecule has 0 fully saturated rings. The molecule has 0 amide bonds. The largest absolute Gasteiger partial charge is 0.480 e. The van der Waals surface area contributed by atoms with Crippen LogP contribution in [0.3, 0.4) is 0 Å². The number of aryl methyl sites for hydroxylation is 1. The van der Waals surface area contributed by atoms with Gasteiger partial charge >= 0.3 is 0 Å². The second-order valence-electron chi connectivity index (χ2n) is 5.76. The van der Waals surface area contributed by atoms with Crippen LogP contribution in [-0.2, 0) is 6.54 Å². The topological polar surface area (TPSA) is 39.4 Å². The lowest BCUT2D eigenvalue weighted by Crippen LogP contribution is -2.09. The minimum absolute atomic E-state index is 0.319. The molecule has 25 heavy (non-hydrogen) atoms. The van der Waals surface area contributed by atoms with Crippen LogP contribution in [0.1, 0.15) is 22.6 Å². The minimum atomic E-state index is -0.319. The average Bonchev–Trinajstić information content (AvgIpc) is 2.82. The first kappa shape index (κ1) is 15.8. The Morgan fingerprint density at radius 3 is 2.72 bits per heavy atom. The Labute approximate surface area is 149 Å². The SMILES string of the molecule is COc1nc(C)n2c1CN=C(c1ccccc1F)c1cc(Cl)ccc1-2. The number of halogens is 2. The summed E-state index contributed by atoms with van der Waals surface area (Å²) in [7, 11) is 1.58. The third kappa shape index (κ3) is 2.51. The number of hydrogen-bond donors (Lipinski definition) is 0. The maximum absolute atomic E-state index is 14.4. The summed E-state index contributed by atoms with van der Waals surface area (Å²) in [5.74, 6) is 0.984. The van der Waals surface area contributed by atoms with Crippen molar-refractivity contribution in [3.05, 3.63) is 75.9 Å². The molecule has 0 aliphatic carbocycles. The molecule has 1 aliphatic rings. The van der Waals surface area contributed by atoms with Gasteiger partial charge in [0, 0.05) is 16.1 Å². The van der Waals surface area contributed by atoms with Gasteiger partial charge in [-0.2, -0.15) is 4.98 Å². The third-order valence-electron chi connectivity index (χ3n) is 4.27. The van der Waals surface area contributed by atoms with E-state index < -0.39 is 0 Å². The number of hydrogen-bond acceptors (Lipinski definition) is 3. The highest BCUT2D eigenvalue weighted by Gasteiger charge is 2.25. The summed E-state index contributed by atoms with van der Waals surface area (Å²) in [5.41, 5.74) is 3.46. The highest BCUT2D eigenvalue weighted by atomic mass is 35.5. The summed E-state index contributed by atoms with van der Waals surface area (Å²) in [6, 6.07) is 12.1. The zero-order valence-electron chi connectivity index (χ0n) is 13.8. The van der Waals surface area contributed by atoms with E-state index in [0.29, 0.717) is 28.7 Å². The molecule has 2 heterocycles. The van der Waals surface area contributed by atoms with Crippen LogP contribution in [0.5, 0.6) is 5.88 Å². The first-order valence-electron chi connectivity index (χ1n) is 7.82. The molecular formula is C19H15ClFN3O. The van der Waals surface area contributed by atoms with Crippen molar-refractivity contribution < 1.29 is 9.13 Å². The number of benzene rings is 2. The lowest BCUT2D eigenvalue weighted by molar-refractivity contribution is 0.394. The zero-order valence-corrected chi connectivity index (χ0v) is 14.5. The normalized spacial score (nSPS) is 12.9. The summed E-state index contributed by atoms with van der Waals surface area (Å²) in [5, 5.41) is 0.566. The molecule has 2 aromatic carbocycles. The molecule has 0 N–H and O–H groups in total. The number of imidazole rings is 1. The van der Waals surface area contributed by atoms with Gasteiger partial charge in [0.25, 0.3) is 0 Å². The molecule has 4 nitrogen and oxygen atoms in total. The Kier molecular flexibility index (Phi) is 3.81. The van der Waals surface area contributed by atoms with Gasteiger partial charge in [-0.3, -0.25) is 9.56 Å². The fourth-order valence-corrected chi connectivity index (χ4v) is 3.36. The van der Waals surface area contributed by atoms with Crippen molar-refractivity contribution in [3.63, 3.8) is 0 Å². The molecule has 0 unspecified atom stereocenters. The van der Waals surface area contributed by atoms with Gasteiger partial charge in [-0.1, -0.05) is 23.7 Å². The van der Waals surface area contributed by atoms with Gasteiger partial charge in [0.1, 0.15) is 17.3 Å². The van der Waals surface area contributed by atoms with Crippen molar-refractivity contribution in [3.8, 4) is 11.6 Å². The van der Waals surface area contributed by atoms with E-state index in [1.165, 1.54) is 6.07 Å². The minimum Gasteiger partial charge on any atom is -0.480 e. The summed E-state index contributed by atoms with van der Waals surface area (Å²) in [4.78, 5) is 9.13. The van der Waals surface area contributed by atoms with Crippen molar-refractivity contribution in [2.24, 2.45) is 4.99 Å². The molecule has 1 aliphatic heterocycles. The van der Waals surface area contributed by atoms with Crippen LogP contribution >= 0.6 is 11.6 Å². The van der Waals surface area contributed by atoms with Gasteiger partial charge in [0.15, 0.2) is 0 Å². The smallest absolute Gasteiger partial charge is 0.237 e. The Hall–Kier alpha value is -2.66. The van der Waals surface area contributed by atoms with E-state index in [1.54, 1.807) is 31.4 Å². The van der Waals surface area contributed by atoms with E-state index in [-0.39, 0.29) is 5.82 Å². The Balaban J connectivity index is 2.03. The second-order valence-corrected chi connectivity index (χ2v) is 6.19. The van der Waals surface area contributed by atoms with Crippen molar-refractivity contribution >= 4 is 17.3 Å². The van der Waals surface area contributed by atoms with Crippen molar-refractivity contribution in [2.45, 2.75) is 13.5 Å². The number of aromatic nitrogens is 2. The number of rotatable bonds is 2. The number of ether oxygens (including phenoxy) is 1. The van der Waals surface area contributed by atoms with Crippen LogP contribution in [0.4, 0.5) is 4.39 Å². The van der Waals surface area contributed by atoms with Gasteiger partial charge in [0.05, 0.1) is 25.1 Å². The number of fused-ring (bicyclic) bond motifs is 3. The molecular weight excluding hydrogens is 341 g/mol. The molecule has 3 aromatic rings. The third-order valence-corrected chi connectivity index (χ3v) is 4.50. The average molecular weight is 356 g/mol. The summed E-state index contributed by atoms with van der Waals surface area (Å²) < 4.78 is 21.8. The zero-order chi connectivity index (χ0) is 17.6. The van der Waals surface area contributed by atoms with Crippen LogP contribution in [0.25, 0.3) is 5.69 Å². The lowest BCUT2D eigenvalue weighted by Gasteiger charge is -2.13. The molecule has 4 rings (SSSR count). The Morgan fingerprint density at radius 2 is 1.96 bits per heavy atom. The fourth-order valence-electron chi connectivity index (χ4n) is 3.19. The summed E-state index contributed by atoms with van der Waals surface area (Å²) >= 11 is 6.22. The highest BCUT2D eigenvalue weighted by Crippen LogP contribution is 2.32. The molecule has 1 aromatic heterocycles. The highest BCUT2D eigenvalue weighted by molar-refractivity contribution is 6.31. The Bertz CT molecular complexity index is 1010. The van der Waals surface area contributed by atoms with E-state index in [0.717, 1.165) is 22.8 Å². The predicted molar refractivity (Wildman–Crippen MR) is 95.6 cm³/mol. The first-order valence-corrected chi connectivity index (χ1v) is 8.20. The molecule has 126 valence electrons. The van der Waals surface area contributed by atoms with E-state index >= 15 is 0 Å². The monoisotopic (exact) mass is 355 g/mol. The standard InChI is InChI=1S/C19H15ClFN3O/c1-11-23-19(25-2)17-10-22-18(13-5-3-4-6-15(13)21)14-9-12(20)7-8-16(14)24(11)17/h3-9H,10H2,1-2H3. The van der Waals surface area contributed by atoms with Crippen molar-refractivity contribution in [2.75, 3.05) is 7.11 Å². The van der Waals surface area contributed by atoms with Crippen LogP contribution in [0.2, 0.25) is 5.02 Å². The van der Waals surface area contributed by atoms with Crippen molar-refractivity contribution in [1.82, 2.24) is 9.55 Å². The number of aliphatic imine (C=N–C) groups is 1. The van der Waals surface area contributed by atoms with Gasteiger partial charge in [-0.05, 0) is 37.3 Å². The Morgan fingerprint density at radius 1 is 1.16 bits per heavy atom. The molecule has 0 saturated carbocycles. The molecule has 0 spiro atoms. The fraction of sp³-hybridized carbons (Fsp3) is 0.158. The summed E-state index contributed by atoms with van der Waals surface area (Å²) in [6.07, 6.45) is 0.